The van der Waals surface area contributed by atoms with Gasteiger partial charge in [-0.15, -0.1) is 0 Å². The first-order valence-corrected chi connectivity index (χ1v) is 13.0. The van der Waals surface area contributed by atoms with Crippen molar-refractivity contribution in [2.24, 2.45) is 11.8 Å². The Morgan fingerprint density at radius 2 is 1.67 bits per heavy atom. The molecule has 194 valence electrons. The summed E-state index contributed by atoms with van der Waals surface area (Å²) in [5, 5.41) is 0. The highest BCUT2D eigenvalue weighted by Crippen LogP contribution is 2.40. The molecule has 0 aliphatic heterocycles. The topological polar surface area (TPSA) is 57.2 Å². The molecule has 6 heteroatoms. The second-order valence-corrected chi connectivity index (χ2v) is 9.47. The zero-order valence-corrected chi connectivity index (χ0v) is 22.4. The molecule has 0 saturated heterocycles. The zero-order chi connectivity index (χ0) is 24.6. The first-order chi connectivity index (χ1) is 15.9. The van der Waals surface area contributed by atoms with Gasteiger partial charge in [0.2, 0.25) is 5.91 Å². The van der Waals surface area contributed by atoms with Crippen molar-refractivity contribution >= 4 is 5.91 Å². The number of amides is 1. The van der Waals surface area contributed by atoms with Crippen LogP contribution in [0.25, 0.3) is 0 Å². The maximum atomic E-state index is 12.2. The Morgan fingerprint density at radius 3 is 2.27 bits per heavy atom. The highest BCUT2D eigenvalue weighted by Gasteiger charge is 2.41. The van der Waals surface area contributed by atoms with Crippen molar-refractivity contribution in [2.45, 2.75) is 109 Å². The Labute approximate surface area is 203 Å². The first kappa shape index (κ1) is 30.1. The standard InChI is InChI=1S/C27H51NO5/c1-8-9-12-15-22(31-5)18-19-24-23(25(32-6)20-26(24)33-7)16-13-10-11-14-17-27(29)28(3)21(2)30-4/h18-19,21-26H,8-17,20H2,1-7H3/b19-18+. The van der Waals surface area contributed by atoms with Gasteiger partial charge in [0.05, 0.1) is 18.3 Å². The molecule has 6 nitrogen and oxygen atoms in total. The molecule has 0 aromatic carbocycles. The van der Waals surface area contributed by atoms with Gasteiger partial charge in [0.15, 0.2) is 0 Å². The minimum Gasteiger partial charge on any atom is -0.381 e. The molecule has 33 heavy (non-hydrogen) atoms. The molecule has 0 aromatic rings. The third kappa shape index (κ3) is 10.5. The largest absolute Gasteiger partial charge is 0.381 e. The summed E-state index contributed by atoms with van der Waals surface area (Å²) in [5.74, 6) is 0.966. The highest BCUT2D eigenvalue weighted by molar-refractivity contribution is 5.75. The van der Waals surface area contributed by atoms with Gasteiger partial charge in [-0.25, -0.2) is 0 Å². The molecule has 0 bridgehead atoms. The number of carbonyl (C=O) groups is 1. The second kappa shape index (κ2) is 17.5. The van der Waals surface area contributed by atoms with E-state index in [0.29, 0.717) is 18.3 Å². The maximum absolute atomic E-state index is 12.2. The summed E-state index contributed by atoms with van der Waals surface area (Å²) in [5.41, 5.74) is 0. The molecule has 6 unspecified atom stereocenters. The fourth-order valence-corrected chi connectivity index (χ4v) is 4.94. The van der Waals surface area contributed by atoms with Gasteiger partial charge in [0, 0.05) is 54.2 Å². The molecule has 1 saturated carbocycles. The van der Waals surface area contributed by atoms with Crippen molar-refractivity contribution in [1.29, 1.82) is 0 Å². The molecule has 0 spiro atoms. The Balaban J connectivity index is 2.53. The molecular formula is C27H51NO5. The van der Waals surface area contributed by atoms with Gasteiger partial charge >= 0.3 is 0 Å². The van der Waals surface area contributed by atoms with Crippen LogP contribution < -0.4 is 0 Å². The third-order valence-electron chi connectivity index (χ3n) is 7.37. The number of hydrogen-bond donors (Lipinski definition) is 0. The molecule has 6 atom stereocenters. The normalized spacial score (nSPS) is 24.9. The molecule has 1 aliphatic carbocycles. The van der Waals surface area contributed by atoms with Crippen molar-refractivity contribution in [2.75, 3.05) is 35.5 Å². The molecule has 0 heterocycles. The lowest BCUT2D eigenvalue weighted by Crippen LogP contribution is -2.35. The van der Waals surface area contributed by atoms with E-state index < -0.39 is 0 Å². The van der Waals surface area contributed by atoms with E-state index in [-0.39, 0.29) is 30.4 Å². The van der Waals surface area contributed by atoms with Crippen LogP contribution in [0.1, 0.15) is 84.5 Å². The van der Waals surface area contributed by atoms with Gasteiger partial charge in [-0.05, 0) is 32.1 Å². The van der Waals surface area contributed by atoms with E-state index in [2.05, 4.69) is 19.1 Å². The van der Waals surface area contributed by atoms with Crippen molar-refractivity contribution in [1.82, 2.24) is 4.90 Å². The Hall–Kier alpha value is -0.950. The lowest BCUT2D eigenvalue weighted by Gasteiger charge is -2.24. The minimum absolute atomic E-state index is 0.152. The molecule has 1 aliphatic rings. The average molecular weight is 470 g/mol. The number of rotatable bonds is 18. The smallest absolute Gasteiger partial charge is 0.224 e. The van der Waals surface area contributed by atoms with Crippen LogP contribution in [0.2, 0.25) is 0 Å². The summed E-state index contributed by atoms with van der Waals surface area (Å²) in [6.07, 6.45) is 16.7. The van der Waals surface area contributed by atoms with E-state index >= 15 is 0 Å². The summed E-state index contributed by atoms with van der Waals surface area (Å²) in [6.45, 7) is 4.12. The Morgan fingerprint density at radius 1 is 0.970 bits per heavy atom. The fourth-order valence-electron chi connectivity index (χ4n) is 4.94. The second-order valence-electron chi connectivity index (χ2n) is 9.47. The lowest BCUT2D eigenvalue weighted by molar-refractivity contribution is -0.139. The van der Waals surface area contributed by atoms with E-state index in [1.807, 2.05) is 21.1 Å². The summed E-state index contributed by atoms with van der Waals surface area (Å²) in [7, 11) is 8.87. The SMILES string of the molecule is CCCCCC(/C=C/C1C(OC)CC(OC)C1CCCCCCC(=O)N(C)C(C)OC)OC. The molecule has 0 radical (unpaired) electrons. The van der Waals surface area contributed by atoms with E-state index in [0.717, 1.165) is 44.9 Å². The molecule has 1 amide bonds. The Bertz CT molecular complexity index is 541. The average Bonchev–Trinajstić information content (AvgIpc) is 3.18. The summed E-state index contributed by atoms with van der Waals surface area (Å²) >= 11 is 0. The Kier molecular flexibility index (Phi) is 15.9. The van der Waals surface area contributed by atoms with Crippen LogP contribution in [0.5, 0.6) is 0 Å². The van der Waals surface area contributed by atoms with Crippen LogP contribution in [-0.4, -0.2) is 70.8 Å². The monoisotopic (exact) mass is 469 g/mol. The summed E-state index contributed by atoms with van der Waals surface area (Å²) < 4.78 is 22.6. The van der Waals surface area contributed by atoms with Gasteiger partial charge in [-0.3, -0.25) is 4.79 Å². The van der Waals surface area contributed by atoms with E-state index in [1.165, 1.54) is 19.3 Å². The van der Waals surface area contributed by atoms with Crippen molar-refractivity contribution in [3.8, 4) is 0 Å². The van der Waals surface area contributed by atoms with E-state index in [9.17, 15) is 4.79 Å². The van der Waals surface area contributed by atoms with E-state index in [4.69, 9.17) is 18.9 Å². The van der Waals surface area contributed by atoms with Gasteiger partial charge in [-0.1, -0.05) is 57.6 Å². The number of hydrogen-bond acceptors (Lipinski definition) is 5. The number of nitrogens with zero attached hydrogens (tertiary/aromatic N) is 1. The number of methoxy groups -OCH3 is 4. The molecule has 1 fully saturated rings. The van der Waals surface area contributed by atoms with Crippen LogP contribution in [0.3, 0.4) is 0 Å². The van der Waals surface area contributed by atoms with Crippen LogP contribution in [0.15, 0.2) is 12.2 Å². The van der Waals surface area contributed by atoms with Crippen molar-refractivity contribution < 1.29 is 23.7 Å². The predicted molar refractivity (Wildman–Crippen MR) is 134 cm³/mol. The molecule has 1 rings (SSSR count). The maximum Gasteiger partial charge on any atom is 0.224 e. The van der Waals surface area contributed by atoms with Gasteiger partial charge in [0.1, 0.15) is 6.23 Å². The number of ether oxygens (including phenoxy) is 4. The quantitative estimate of drug-likeness (QED) is 0.149. The van der Waals surface area contributed by atoms with Crippen molar-refractivity contribution in [3.63, 3.8) is 0 Å². The predicted octanol–water partition coefficient (Wildman–Crippen LogP) is 5.60. The highest BCUT2D eigenvalue weighted by atomic mass is 16.5. The molecular weight excluding hydrogens is 418 g/mol. The van der Waals surface area contributed by atoms with Crippen LogP contribution in [0, 0.1) is 11.8 Å². The fraction of sp³-hybridized carbons (Fsp3) is 0.889. The minimum atomic E-state index is -0.172. The number of carbonyl (C=O) groups excluding carboxylic acids is 1. The third-order valence-corrected chi connectivity index (χ3v) is 7.37. The van der Waals surface area contributed by atoms with E-state index in [1.54, 1.807) is 26.2 Å². The van der Waals surface area contributed by atoms with Gasteiger partial charge in [-0.2, -0.15) is 0 Å². The van der Waals surface area contributed by atoms with Crippen LogP contribution in [0.4, 0.5) is 0 Å². The van der Waals surface area contributed by atoms with Gasteiger partial charge in [0.25, 0.3) is 0 Å². The summed E-state index contributed by atoms with van der Waals surface area (Å²) in [6, 6.07) is 0. The zero-order valence-electron chi connectivity index (χ0n) is 22.4. The molecule has 0 N–H and O–H groups in total. The number of unbranched alkanes of at least 4 members (excludes halogenated alkanes) is 5. The van der Waals surface area contributed by atoms with Crippen LogP contribution in [-0.2, 0) is 23.7 Å². The van der Waals surface area contributed by atoms with Crippen LogP contribution >= 0.6 is 0 Å². The lowest BCUT2D eigenvalue weighted by atomic mass is 9.87. The summed E-state index contributed by atoms with van der Waals surface area (Å²) in [4.78, 5) is 13.9. The van der Waals surface area contributed by atoms with Gasteiger partial charge < -0.3 is 23.8 Å². The van der Waals surface area contributed by atoms with Crippen molar-refractivity contribution in [3.05, 3.63) is 12.2 Å². The molecule has 0 aromatic heterocycles. The first-order valence-electron chi connectivity index (χ1n) is 13.0.